The minimum Gasteiger partial charge on any atom is -0.439 e. The van der Waals surface area contributed by atoms with Crippen LogP contribution in [-0.4, -0.2) is 14.2 Å². The summed E-state index contributed by atoms with van der Waals surface area (Å²) in [7, 11) is -1.20. The van der Waals surface area contributed by atoms with Gasteiger partial charge >= 0.3 is 0 Å². The third-order valence-electron chi connectivity index (χ3n) is 4.04. The topological polar surface area (TPSA) is 52.1 Å². The number of para-hydroxylation sites is 1. The van der Waals surface area contributed by atoms with Gasteiger partial charge in [0.1, 0.15) is 5.75 Å². The molecule has 0 aliphatic carbocycles. The van der Waals surface area contributed by atoms with Crippen molar-refractivity contribution in [3.63, 3.8) is 0 Å². The molecule has 5 heteroatoms. The Kier molecular flexibility index (Phi) is 5.54. The van der Waals surface area contributed by atoms with E-state index in [0.717, 1.165) is 10.5 Å². The van der Waals surface area contributed by atoms with Crippen molar-refractivity contribution in [1.29, 1.82) is 0 Å². The molecule has 0 bridgehead atoms. The minimum absolute atomic E-state index is 0.289. The number of nitrogens with zero attached hydrogens (tertiary/aromatic N) is 2. The highest BCUT2D eigenvalue weighted by Crippen LogP contribution is 2.24. The fourth-order valence-electron chi connectivity index (χ4n) is 2.71. The Morgan fingerprint density at radius 3 is 2.04 bits per heavy atom. The van der Waals surface area contributed by atoms with Gasteiger partial charge in [-0.2, -0.15) is 4.98 Å². The summed E-state index contributed by atoms with van der Waals surface area (Å²) in [6, 6.07) is 30.3. The van der Waals surface area contributed by atoms with Gasteiger partial charge in [-0.3, -0.25) is 4.21 Å². The maximum Gasteiger partial charge on any atom is 0.223 e. The van der Waals surface area contributed by atoms with Gasteiger partial charge in [0.15, 0.2) is 5.82 Å². The molecule has 3 aromatic carbocycles. The molecule has 138 valence electrons. The zero-order chi connectivity index (χ0) is 19.2. The second kappa shape index (κ2) is 8.59. The quantitative estimate of drug-likeness (QED) is 0.454. The van der Waals surface area contributed by atoms with Gasteiger partial charge in [0.05, 0.1) is 22.2 Å². The lowest BCUT2D eigenvalue weighted by atomic mass is 10.2. The fraction of sp³-hybridized carbons (Fsp3) is 0.0435. The van der Waals surface area contributed by atoms with Crippen molar-refractivity contribution < 1.29 is 8.95 Å². The summed E-state index contributed by atoms with van der Waals surface area (Å²) in [5.41, 5.74) is 1.55. The molecule has 4 rings (SSSR count). The smallest absolute Gasteiger partial charge is 0.223 e. The zero-order valence-electron chi connectivity index (χ0n) is 15.1. The first-order valence-electron chi connectivity index (χ1n) is 8.88. The Hall–Kier alpha value is -3.31. The number of rotatable bonds is 6. The molecule has 1 aromatic heterocycles. The first-order chi connectivity index (χ1) is 13.8. The molecular formula is C23H18N2O2S. The van der Waals surface area contributed by atoms with Gasteiger partial charge in [-0.05, 0) is 24.3 Å². The highest BCUT2D eigenvalue weighted by molar-refractivity contribution is 7.84. The summed E-state index contributed by atoms with van der Waals surface area (Å²) in [5, 5.41) is 0. The van der Waals surface area contributed by atoms with Crippen LogP contribution in [0.4, 0.5) is 0 Å². The van der Waals surface area contributed by atoms with Crippen LogP contribution in [0.5, 0.6) is 11.6 Å². The molecule has 0 amide bonds. The molecule has 0 saturated heterocycles. The van der Waals surface area contributed by atoms with E-state index in [1.54, 1.807) is 6.07 Å². The third kappa shape index (κ3) is 4.50. The highest BCUT2D eigenvalue weighted by Gasteiger charge is 2.12. The summed E-state index contributed by atoms with van der Waals surface area (Å²) in [6.07, 6.45) is 0. The van der Waals surface area contributed by atoms with Crippen molar-refractivity contribution in [2.45, 2.75) is 10.6 Å². The van der Waals surface area contributed by atoms with E-state index >= 15 is 0 Å². The van der Waals surface area contributed by atoms with Crippen LogP contribution in [0.25, 0.3) is 11.4 Å². The molecule has 0 radical (unpaired) electrons. The second-order valence-electron chi connectivity index (χ2n) is 6.11. The van der Waals surface area contributed by atoms with E-state index in [-0.39, 0.29) is 5.75 Å². The van der Waals surface area contributed by atoms with Gasteiger partial charge in [0, 0.05) is 16.5 Å². The summed E-state index contributed by atoms with van der Waals surface area (Å²) in [6.45, 7) is 0. The monoisotopic (exact) mass is 386 g/mol. The van der Waals surface area contributed by atoms with Crippen molar-refractivity contribution in [3.8, 4) is 23.0 Å². The van der Waals surface area contributed by atoms with E-state index < -0.39 is 10.8 Å². The average molecular weight is 386 g/mol. The molecule has 0 saturated carbocycles. The molecule has 0 aliphatic rings. The van der Waals surface area contributed by atoms with Crippen molar-refractivity contribution in [2.24, 2.45) is 0 Å². The second-order valence-corrected chi connectivity index (χ2v) is 7.56. The van der Waals surface area contributed by atoms with Gasteiger partial charge < -0.3 is 4.74 Å². The summed E-state index contributed by atoms with van der Waals surface area (Å²) in [5.74, 6) is 1.96. The molecule has 1 heterocycles. The molecule has 4 aromatic rings. The van der Waals surface area contributed by atoms with Crippen LogP contribution < -0.4 is 4.74 Å². The maximum absolute atomic E-state index is 12.7. The van der Waals surface area contributed by atoms with Crippen LogP contribution in [-0.2, 0) is 16.6 Å². The summed E-state index contributed by atoms with van der Waals surface area (Å²) >= 11 is 0. The lowest BCUT2D eigenvalue weighted by molar-refractivity contribution is 0.461. The average Bonchev–Trinajstić information content (AvgIpc) is 2.75. The normalized spacial score (nSPS) is 11.7. The van der Waals surface area contributed by atoms with Crippen LogP contribution >= 0.6 is 0 Å². The Morgan fingerprint density at radius 2 is 1.36 bits per heavy atom. The molecule has 1 atom stereocenters. The van der Waals surface area contributed by atoms with E-state index in [1.807, 2.05) is 91.0 Å². The third-order valence-corrected chi connectivity index (χ3v) is 5.39. The van der Waals surface area contributed by atoms with Crippen LogP contribution in [0.3, 0.4) is 0 Å². The maximum atomic E-state index is 12.7. The van der Waals surface area contributed by atoms with Crippen LogP contribution in [0.1, 0.15) is 5.69 Å². The minimum atomic E-state index is -1.20. The molecule has 0 unspecified atom stereocenters. The van der Waals surface area contributed by atoms with Gasteiger partial charge in [-0.15, -0.1) is 0 Å². The zero-order valence-corrected chi connectivity index (χ0v) is 15.9. The fourth-order valence-corrected chi connectivity index (χ4v) is 3.76. The van der Waals surface area contributed by atoms with Crippen molar-refractivity contribution in [2.75, 3.05) is 0 Å². The number of hydrogen-bond acceptors (Lipinski definition) is 4. The number of benzene rings is 3. The Labute approximate surface area is 166 Å². The molecule has 0 N–H and O–H groups in total. The van der Waals surface area contributed by atoms with Crippen LogP contribution in [0.15, 0.2) is 102 Å². The van der Waals surface area contributed by atoms with E-state index in [1.165, 1.54) is 0 Å². The lowest BCUT2D eigenvalue weighted by Crippen LogP contribution is -2.03. The molecule has 0 spiro atoms. The van der Waals surface area contributed by atoms with Crippen LogP contribution in [0, 0.1) is 0 Å². The first kappa shape index (κ1) is 18.1. The van der Waals surface area contributed by atoms with E-state index in [2.05, 4.69) is 9.97 Å². The van der Waals surface area contributed by atoms with E-state index in [9.17, 15) is 4.21 Å². The van der Waals surface area contributed by atoms with Crippen molar-refractivity contribution in [3.05, 3.63) is 103 Å². The van der Waals surface area contributed by atoms with Crippen molar-refractivity contribution in [1.82, 2.24) is 9.97 Å². The number of aromatic nitrogens is 2. The number of ether oxygens (including phenoxy) is 1. The first-order valence-corrected chi connectivity index (χ1v) is 10.2. The van der Waals surface area contributed by atoms with Crippen LogP contribution in [0.2, 0.25) is 0 Å². The van der Waals surface area contributed by atoms with Gasteiger partial charge in [0.2, 0.25) is 5.88 Å². The van der Waals surface area contributed by atoms with E-state index in [0.29, 0.717) is 23.1 Å². The lowest BCUT2D eigenvalue weighted by Gasteiger charge is -2.10. The molecule has 0 fully saturated rings. The van der Waals surface area contributed by atoms with Gasteiger partial charge in [-0.1, -0.05) is 66.7 Å². The Bertz CT molecular complexity index is 1070. The highest BCUT2D eigenvalue weighted by atomic mass is 32.2. The van der Waals surface area contributed by atoms with E-state index in [4.69, 9.17) is 4.74 Å². The molecule has 0 aliphatic heterocycles. The summed E-state index contributed by atoms with van der Waals surface area (Å²) < 4.78 is 18.7. The summed E-state index contributed by atoms with van der Waals surface area (Å²) in [4.78, 5) is 9.94. The Balaban J connectivity index is 1.68. The Morgan fingerprint density at radius 1 is 0.750 bits per heavy atom. The standard InChI is InChI=1S/C23H18N2O2S/c26-28(21-14-8-3-9-15-21)17-19-16-22(27-20-12-6-2-7-13-20)25-23(24-19)18-10-4-1-5-11-18/h1-16H,17H2/t28-/m0/s1. The predicted octanol–water partition coefficient (Wildman–Crippen LogP) is 5.24. The van der Waals surface area contributed by atoms with Gasteiger partial charge in [0.25, 0.3) is 0 Å². The molecular weight excluding hydrogens is 368 g/mol. The molecule has 4 nitrogen and oxygen atoms in total. The van der Waals surface area contributed by atoms with Crippen molar-refractivity contribution >= 4 is 10.8 Å². The molecule has 28 heavy (non-hydrogen) atoms. The number of hydrogen-bond donors (Lipinski definition) is 0. The van der Waals surface area contributed by atoms with Gasteiger partial charge in [-0.25, -0.2) is 4.98 Å². The largest absolute Gasteiger partial charge is 0.439 e. The predicted molar refractivity (Wildman–Crippen MR) is 111 cm³/mol. The SMILES string of the molecule is O=[S@@](Cc1cc(Oc2ccccc2)nc(-c2ccccc2)n1)c1ccccc1.